The van der Waals surface area contributed by atoms with Crippen molar-refractivity contribution in [1.29, 1.82) is 0 Å². The predicted molar refractivity (Wildman–Crippen MR) is 86.6 cm³/mol. The second-order valence-corrected chi connectivity index (χ2v) is 6.49. The van der Waals surface area contributed by atoms with Crippen molar-refractivity contribution < 1.29 is 4.79 Å². The fraction of sp³-hybridized carbons (Fsp3) is 0.471. The summed E-state index contributed by atoms with van der Waals surface area (Å²) in [5.41, 5.74) is 2.51. The van der Waals surface area contributed by atoms with E-state index in [1.165, 1.54) is 11.2 Å². The first-order chi connectivity index (χ1) is 11.2. The molecule has 0 radical (unpaired) electrons. The molecule has 120 valence electrons. The molecule has 0 spiro atoms. The lowest BCUT2D eigenvalue weighted by Gasteiger charge is -2.37. The fourth-order valence-electron chi connectivity index (χ4n) is 3.65. The van der Waals surface area contributed by atoms with Crippen LogP contribution in [-0.2, 0) is 0 Å². The van der Waals surface area contributed by atoms with E-state index in [0.29, 0.717) is 17.6 Å². The zero-order valence-electron chi connectivity index (χ0n) is 13.3. The van der Waals surface area contributed by atoms with E-state index >= 15 is 0 Å². The van der Waals surface area contributed by atoms with Gasteiger partial charge in [0.1, 0.15) is 0 Å². The van der Waals surface area contributed by atoms with Crippen molar-refractivity contribution in [3.05, 3.63) is 41.7 Å². The van der Waals surface area contributed by atoms with Gasteiger partial charge in [-0.2, -0.15) is 15.0 Å². The molecule has 1 aromatic heterocycles. The third-order valence-electron chi connectivity index (χ3n) is 4.87. The first-order valence-electron chi connectivity index (χ1n) is 8.24. The molecular formula is C17H21N5O. The van der Waals surface area contributed by atoms with Crippen molar-refractivity contribution >= 4 is 5.91 Å². The number of hydrogen-bond acceptors (Lipinski definition) is 4. The van der Waals surface area contributed by atoms with Gasteiger partial charge in [-0.15, -0.1) is 0 Å². The quantitative estimate of drug-likeness (QED) is 0.914. The maximum atomic E-state index is 13.2. The highest BCUT2D eigenvalue weighted by molar-refractivity contribution is 5.98. The van der Waals surface area contributed by atoms with E-state index in [-0.39, 0.29) is 5.91 Å². The van der Waals surface area contributed by atoms with E-state index < -0.39 is 0 Å². The van der Waals surface area contributed by atoms with Gasteiger partial charge in [0.25, 0.3) is 5.91 Å². The van der Waals surface area contributed by atoms with Crippen LogP contribution in [0.4, 0.5) is 0 Å². The van der Waals surface area contributed by atoms with Gasteiger partial charge < -0.3 is 10.2 Å². The molecule has 3 aliphatic rings. The zero-order valence-corrected chi connectivity index (χ0v) is 13.3. The SMILES string of the molecule is Cc1ccc(-n2nccn2)c(C(=O)N2CC3CCCC2CN3)c1. The Hall–Kier alpha value is -2.21. The number of nitrogens with zero attached hydrogens (tertiary/aromatic N) is 4. The van der Waals surface area contributed by atoms with Crippen molar-refractivity contribution in [1.82, 2.24) is 25.2 Å². The molecule has 6 heteroatoms. The van der Waals surface area contributed by atoms with Crippen LogP contribution in [0.3, 0.4) is 0 Å². The summed E-state index contributed by atoms with van der Waals surface area (Å²) in [6.07, 6.45) is 6.68. The molecular weight excluding hydrogens is 290 g/mol. The molecule has 0 aliphatic carbocycles. The zero-order chi connectivity index (χ0) is 15.8. The molecule has 4 heterocycles. The molecule has 1 amide bonds. The van der Waals surface area contributed by atoms with E-state index in [1.54, 1.807) is 12.4 Å². The summed E-state index contributed by atoms with van der Waals surface area (Å²) in [5.74, 6) is 0.0967. The Kier molecular flexibility index (Phi) is 3.61. The molecule has 2 atom stereocenters. The maximum absolute atomic E-state index is 13.2. The van der Waals surface area contributed by atoms with Crippen LogP contribution in [0.2, 0.25) is 0 Å². The lowest BCUT2D eigenvalue weighted by Crippen LogP contribution is -2.56. The summed E-state index contributed by atoms with van der Waals surface area (Å²) in [6, 6.07) is 6.59. The molecule has 2 unspecified atom stereocenters. The summed E-state index contributed by atoms with van der Waals surface area (Å²) in [7, 11) is 0. The molecule has 6 nitrogen and oxygen atoms in total. The number of aromatic nitrogens is 3. The average Bonchev–Trinajstić information content (AvgIpc) is 2.91. The molecule has 0 saturated carbocycles. The Morgan fingerprint density at radius 3 is 2.91 bits per heavy atom. The van der Waals surface area contributed by atoms with Crippen LogP contribution in [-0.4, -0.2) is 51.0 Å². The first kappa shape index (κ1) is 14.4. The highest BCUT2D eigenvalue weighted by Crippen LogP contribution is 2.25. The smallest absolute Gasteiger partial charge is 0.256 e. The van der Waals surface area contributed by atoms with E-state index in [2.05, 4.69) is 20.4 Å². The topological polar surface area (TPSA) is 63.1 Å². The van der Waals surface area contributed by atoms with E-state index in [9.17, 15) is 4.79 Å². The standard InChI is InChI=1S/C17H21N5O/c1-12-5-6-16(22-19-7-8-20-22)15(9-12)17(23)21-11-13-3-2-4-14(21)10-18-13/h5-9,13-14,18H,2-4,10-11H2,1H3. The lowest BCUT2D eigenvalue weighted by molar-refractivity contribution is 0.0611. The molecule has 3 aliphatic heterocycles. The van der Waals surface area contributed by atoms with Gasteiger partial charge in [0.05, 0.1) is 23.6 Å². The van der Waals surface area contributed by atoms with Crippen LogP contribution >= 0.6 is 0 Å². The van der Waals surface area contributed by atoms with Gasteiger partial charge in [-0.05, 0) is 38.3 Å². The number of aryl methyl sites for hydroxylation is 1. The van der Waals surface area contributed by atoms with Crippen molar-refractivity contribution in [2.75, 3.05) is 13.1 Å². The van der Waals surface area contributed by atoms with Gasteiger partial charge in [-0.1, -0.05) is 11.6 Å². The molecule has 3 fully saturated rings. The van der Waals surface area contributed by atoms with Crippen LogP contribution in [0.5, 0.6) is 0 Å². The normalized spacial score (nSPS) is 23.8. The number of carbonyl (C=O) groups excluding carboxylic acids is 1. The molecule has 3 saturated heterocycles. The van der Waals surface area contributed by atoms with Crippen molar-refractivity contribution in [2.24, 2.45) is 0 Å². The second kappa shape index (κ2) is 5.77. The van der Waals surface area contributed by atoms with Crippen molar-refractivity contribution in [2.45, 2.75) is 38.3 Å². The third kappa shape index (κ3) is 2.63. The summed E-state index contributed by atoms with van der Waals surface area (Å²) >= 11 is 0. The van der Waals surface area contributed by atoms with Crippen LogP contribution in [0.1, 0.15) is 35.2 Å². The highest BCUT2D eigenvalue weighted by Gasteiger charge is 2.35. The van der Waals surface area contributed by atoms with Gasteiger partial charge in [-0.3, -0.25) is 4.79 Å². The third-order valence-corrected chi connectivity index (χ3v) is 4.87. The molecule has 2 aromatic rings. The van der Waals surface area contributed by atoms with Crippen LogP contribution in [0.15, 0.2) is 30.6 Å². The lowest BCUT2D eigenvalue weighted by atomic mass is 10.0. The highest BCUT2D eigenvalue weighted by atomic mass is 16.2. The summed E-state index contributed by atoms with van der Waals surface area (Å²) in [5, 5.41) is 11.9. The number of carbonyl (C=O) groups is 1. The number of amides is 1. The predicted octanol–water partition coefficient (Wildman–Crippen LogP) is 1.54. The molecule has 2 bridgehead atoms. The Labute approximate surface area is 135 Å². The van der Waals surface area contributed by atoms with Gasteiger partial charge in [0.15, 0.2) is 0 Å². The monoisotopic (exact) mass is 311 g/mol. The van der Waals surface area contributed by atoms with Crippen LogP contribution in [0.25, 0.3) is 5.69 Å². The Morgan fingerprint density at radius 1 is 1.26 bits per heavy atom. The minimum Gasteiger partial charge on any atom is -0.333 e. The molecule has 5 rings (SSSR count). The number of piperazine rings is 1. The minimum absolute atomic E-state index is 0.0967. The fourth-order valence-corrected chi connectivity index (χ4v) is 3.65. The number of benzene rings is 1. The summed E-state index contributed by atoms with van der Waals surface area (Å²) < 4.78 is 0. The van der Waals surface area contributed by atoms with Gasteiger partial charge in [0.2, 0.25) is 0 Å². The number of hydrogen-bond donors (Lipinski definition) is 1. The van der Waals surface area contributed by atoms with Crippen LogP contribution in [0, 0.1) is 6.92 Å². The van der Waals surface area contributed by atoms with Gasteiger partial charge in [-0.25, -0.2) is 0 Å². The van der Waals surface area contributed by atoms with E-state index in [1.807, 2.05) is 25.1 Å². The number of nitrogens with one attached hydrogen (secondary N) is 1. The van der Waals surface area contributed by atoms with E-state index in [0.717, 1.165) is 37.2 Å². The summed E-state index contributed by atoms with van der Waals surface area (Å²) in [4.78, 5) is 16.8. The van der Waals surface area contributed by atoms with Crippen molar-refractivity contribution in [3.8, 4) is 5.69 Å². The Bertz CT molecular complexity index is 708. The molecule has 23 heavy (non-hydrogen) atoms. The van der Waals surface area contributed by atoms with Crippen molar-refractivity contribution in [3.63, 3.8) is 0 Å². The van der Waals surface area contributed by atoms with Gasteiger partial charge in [0, 0.05) is 25.2 Å². The maximum Gasteiger partial charge on any atom is 0.256 e. The largest absolute Gasteiger partial charge is 0.333 e. The van der Waals surface area contributed by atoms with Crippen LogP contribution < -0.4 is 5.32 Å². The van der Waals surface area contributed by atoms with E-state index in [4.69, 9.17) is 0 Å². The first-order valence-corrected chi connectivity index (χ1v) is 8.24. The summed E-state index contributed by atoms with van der Waals surface area (Å²) in [6.45, 7) is 3.70. The second-order valence-electron chi connectivity index (χ2n) is 6.49. The molecule has 1 N–H and O–H groups in total. The minimum atomic E-state index is 0.0967. The molecule has 1 aromatic carbocycles. The Morgan fingerprint density at radius 2 is 2.09 bits per heavy atom. The van der Waals surface area contributed by atoms with Gasteiger partial charge >= 0.3 is 0 Å². The number of fused-ring (bicyclic) bond motifs is 4. The average molecular weight is 311 g/mol. The Balaban J connectivity index is 1.72. The number of rotatable bonds is 2.